The summed E-state index contributed by atoms with van der Waals surface area (Å²) in [6.07, 6.45) is 10.7. The Balaban J connectivity index is 3.59. The first-order chi connectivity index (χ1) is 10.5. The highest BCUT2D eigenvalue weighted by molar-refractivity contribution is 5.83. The second-order valence-electron chi connectivity index (χ2n) is 5.18. The first-order valence-corrected chi connectivity index (χ1v) is 7.70. The third kappa shape index (κ3) is 11.9. The number of allylic oxidation sites excluding steroid dienone is 1. The van der Waals surface area contributed by atoms with Crippen molar-refractivity contribution in [1.82, 2.24) is 5.32 Å². The van der Waals surface area contributed by atoms with Gasteiger partial charge in [-0.3, -0.25) is 9.59 Å². The van der Waals surface area contributed by atoms with Crippen LogP contribution < -0.4 is 5.32 Å². The van der Waals surface area contributed by atoms with E-state index in [0.29, 0.717) is 6.42 Å². The molecule has 2 N–H and O–H groups in total. The molecule has 0 saturated carbocycles. The van der Waals surface area contributed by atoms with E-state index in [2.05, 4.69) is 10.1 Å². The van der Waals surface area contributed by atoms with Crippen LogP contribution >= 0.6 is 0 Å². The molecule has 0 fully saturated rings. The van der Waals surface area contributed by atoms with Crippen molar-refractivity contribution in [3.63, 3.8) is 0 Å². The van der Waals surface area contributed by atoms with Crippen molar-refractivity contribution in [2.45, 2.75) is 64.3 Å². The molecule has 0 aliphatic heterocycles. The smallest absolute Gasteiger partial charge is 0.330 e. The van der Waals surface area contributed by atoms with Crippen LogP contribution in [0, 0.1) is 0 Å². The average molecular weight is 313 g/mol. The molecule has 0 bridgehead atoms. The second-order valence-corrected chi connectivity index (χ2v) is 5.18. The van der Waals surface area contributed by atoms with Gasteiger partial charge in [0.05, 0.1) is 7.11 Å². The highest BCUT2D eigenvalue weighted by Gasteiger charge is 2.13. The summed E-state index contributed by atoms with van der Waals surface area (Å²) < 4.78 is 4.57. The molecular weight excluding hydrogens is 286 g/mol. The number of ether oxygens (including phenoxy) is 1. The van der Waals surface area contributed by atoms with Crippen LogP contribution in [0.3, 0.4) is 0 Å². The van der Waals surface area contributed by atoms with E-state index in [9.17, 15) is 14.4 Å². The van der Waals surface area contributed by atoms with Crippen molar-refractivity contribution in [2.24, 2.45) is 0 Å². The Bertz CT molecular complexity index is 379. The number of carbonyl (C=O) groups excluding carboxylic acids is 2. The zero-order valence-corrected chi connectivity index (χ0v) is 13.5. The SMILES string of the molecule is COC(=O)CCCCCCCC/C=C/C(NC(C)=O)C(=O)O. The largest absolute Gasteiger partial charge is 0.479 e. The van der Waals surface area contributed by atoms with Gasteiger partial charge in [-0.1, -0.05) is 37.8 Å². The van der Waals surface area contributed by atoms with Crippen LogP contribution in [0.4, 0.5) is 0 Å². The number of methoxy groups -OCH3 is 1. The van der Waals surface area contributed by atoms with Gasteiger partial charge in [0, 0.05) is 13.3 Å². The van der Waals surface area contributed by atoms with Crippen molar-refractivity contribution >= 4 is 17.8 Å². The molecule has 22 heavy (non-hydrogen) atoms. The van der Waals surface area contributed by atoms with E-state index in [0.717, 1.165) is 44.9 Å². The zero-order chi connectivity index (χ0) is 16.8. The van der Waals surface area contributed by atoms with Crippen LogP contribution in [-0.4, -0.2) is 36.1 Å². The molecule has 0 aromatic rings. The standard InChI is InChI=1S/C16H27NO5/c1-13(18)17-14(16(20)21)11-9-7-5-3-4-6-8-10-12-15(19)22-2/h9,11,14H,3-8,10,12H2,1-2H3,(H,17,18)(H,20,21)/b11-9+. The van der Waals surface area contributed by atoms with Gasteiger partial charge in [-0.2, -0.15) is 0 Å². The molecule has 1 atom stereocenters. The van der Waals surface area contributed by atoms with Crippen molar-refractivity contribution in [3.05, 3.63) is 12.2 Å². The van der Waals surface area contributed by atoms with Gasteiger partial charge in [-0.05, 0) is 19.3 Å². The number of carboxylic acids is 1. The minimum absolute atomic E-state index is 0.155. The van der Waals surface area contributed by atoms with Gasteiger partial charge in [0.25, 0.3) is 0 Å². The van der Waals surface area contributed by atoms with Crippen LogP contribution in [0.1, 0.15) is 58.3 Å². The fourth-order valence-electron chi connectivity index (χ4n) is 1.98. The summed E-state index contributed by atoms with van der Waals surface area (Å²) in [6, 6.07) is -0.948. The van der Waals surface area contributed by atoms with Crippen LogP contribution in [0.2, 0.25) is 0 Å². The summed E-state index contributed by atoms with van der Waals surface area (Å²) in [4.78, 5) is 32.6. The lowest BCUT2D eigenvalue weighted by Gasteiger charge is -2.07. The van der Waals surface area contributed by atoms with Gasteiger partial charge in [0.1, 0.15) is 6.04 Å². The van der Waals surface area contributed by atoms with Gasteiger partial charge >= 0.3 is 11.9 Å². The first kappa shape index (κ1) is 20.1. The number of aliphatic carboxylic acids is 1. The normalized spacial score (nSPS) is 12.1. The number of nitrogens with one attached hydrogen (secondary N) is 1. The fourth-order valence-corrected chi connectivity index (χ4v) is 1.98. The molecule has 1 amide bonds. The molecule has 0 rings (SSSR count). The minimum Gasteiger partial charge on any atom is -0.479 e. The van der Waals surface area contributed by atoms with Crippen molar-refractivity contribution in [3.8, 4) is 0 Å². The van der Waals surface area contributed by atoms with Gasteiger partial charge in [-0.15, -0.1) is 0 Å². The Kier molecular flexibility index (Phi) is 11.8. The number of rotatable bonds is 12. The maximum absolute atomic E-state index is 10.9. The van der Waals surface area contributed by atoms with E-state index in [1.807, 2.05) is 0 Å². The van der Waals surface area contributed by atoms with Gasteiger partial charge in [0.15, 0.2) is 0 Å². The van der Waals surface area contributed by atoms with E-state index in [4.69, 9.17) is 5.11 Å². The van der Waals surface area contributed by atoms with E-state index < -0.39 is 12.0 Å². The number of hydrogen-bond acceptors (Lipinski definition) is 4. The predicted molar refractivity (Wildman–Crippen MR) is 83.3 cm³/mol. The summed E-state index contributed by atoms with van der Waals surface area (Å²) in [5.74, 6) is -1.57. The highest BCUT2D eigenvalue weighted by atomic mass is 16.5. The van der Waals surface area contributed by atoms with Gasteiger partial charge in [0.2, 0.25) is 5.91 Å². The molecule has 6 nitrogen and oxygen atoms in total. The molecule has 6 heteroatoms. The minimum atomic E-state index is -1.06. The van der Waals surface area contributed by atoms with E-state index in [1.165, 1.54) is 20.1 Å². The molecule has 0 heterocycles. The number of carboxylic acid groups (broad SMARTS) is 1. The third-order valence-corrected chi connectivity index (χ3v) is 3.18. The van der Waals surface area contributed by atoms with E-state index in [1.54, 1.807) is 6.08 Å². The monoisotopic (exact) mass is 313 g/mol. The van der Waals surface area contributed by atoms with Crippen LogP contribution in [0.5, 0.6) is 0 Å². The Morgan fingerprint density at radius 3 is 2.23 bits per heavy atom. The number of unbranched alkanes of at least 4 members (excludes halogenated alkanes) is 6. The molecule has 0 aromatic carbocycles. The summed E-state index contributed by atoms with van der Waals surface area (Å²) in [6.45, 7) is 1.30. The Morgan fingerprint density at radius 1 is 1.09 bits per heavy atom. The quantitative estimate of drug-likeness (QED) is 0.328. The fraction of sp³-hybridized carbons (Fsp3) is 0.688. The molecule has 0 aliphatic carbocycles. The number of esters is 1. The molecule has 126 valence electrons. The molecule has 0 aromatic heterocycles. The number of amides is 1. The second kappa shape index (κ2) is 12.9. The van der Waals surface area contributed by atoms with Crippen molar-refractivity contribution < 1.29 is 24.2 Å². The summed E-state index contributed by atoms with van der Waals surface area (Å²) in [5, 5.41) is 11.3. The Morgan fingerprint density at radius 2 is 1.68 bits per heavy atom. The van der Waals surface area contributed by atoms with E-state index in [-0.39, 0.29) is 11.9 Å². The molecule has 0 spiro atoms. The topological polar surface area (TPSA) is 92.7 Å². The number of carbonyl (C=O) groups is 3. The molecule has 1 unspecified atom stereocenters. The summed E-state index contributed by atoms with van der Waals surface area (Å²) >= 11 is 0. The molecule has 0 aliphatic rings. The lowest BCUT2D eigenvalue weighted by molar-refractivity contribution is -0.141. The number of hydrogen-bond donors (Lipinski definition) is 2. The highest BCUT2D eigenvalue weighted by Crippen LogP contribution is 2.09. The predicted octanol–water partition coefficient (Wildman–Crippen LogP) is 2.43. The van der Waals surface area contributed by atoms with Crippen molar-refractivity contribution in [2.75, 3.05) is 7.11 Å². The molecular formula is C16H27NO5. The molecule has 0 saturated heterocycles. The Hall–Kier alpha value is -1.85. The van der Waals surface area contributed by atoms with Gasteiger partial charge in [-0.25, -0.2) is 4.79 Å². The first-order valence-electron chi connectivity index (χ1n) is 7.70. The van der Waals surface area contributed by atoms with Crippen LogP contribution in [-0.2, 0) is 19.1 Å². The van der Waals surface area contributed by atoms with Crippen LogP contribution in [0.15, 0.2) is 12.2 Å². The van der Waals surface area contributed by atoms with E-state index >= 15 is 0 Å². The molecule has 0 radical (unpaired) electrons. The summed E-state index contributed by atoms with van der Waals surface area (Å²) in [7, 11) is 1.40. The van der Waals surface area contributed by atoms with Crippen LogP contribution in [0.25, 0.3) is 0 Å². The maximum Gasteiger partial charge on any atom is 0.330 e. The Labute approximate surface area is 131 Å². The van der Waals surface area contributed by atoms with Crippen molar-refractivity contribution in [1.29, 1.82) is 0 Å². The maximum atomic E-state index is 10.9. The summed E-state index contributed by atoms with van der Waals surface area (Å²) in [5.41, 5.74) is 0. The third-order valence-electron chi connectivity index (χ3n) is 3.18. The van der Waals surface area contributed by atoms with Gasteiger partial charge < -0.3 is 15.2 Å². The lowest BCUT2D eigenvalue weighted by atomic mass is 10.1. The zero-order valence-electron chi connectivity index (χ0n) is 13.5. The lowest BCUT2D eigenvalue weighted by Crippen LogP contribution is -2.37. The average Bonchev–Trinajstić information content (AvgIpc) is 2.46.